The summed E-state index contributed by atoms with van der Waals surface area (Å²) < 4.78 is 0. The lowest BCUT2D eigenvalue weighted by atomic mass is 10.1. The summed E-state index contributed by atoms with van der Waals surface area (Å²) in [5, 5.41) is 16.0. The van der Waals surface area contributed by atoms with E-state index in [9.17, 15) is 19.7 Å². The molecule has 7 nitrogen and oxygen atoms in total. The first-order chi connectivity index (χ1) is 10.9. The number of carbonyl (C=O) groups is 2. The zero-order valence-corrected chi connectivity index (χ0v) is 12.6. The maximum Gasteiger partial charge on any atom is 0.272 e. The smallest absolute Gasteiger partial charge is 0.272 e. The van der Waals surface area contributed by atoms with Crippen LogP contribution in [0.1, 0.15) is 26.3 Å². The van der Waals surface area contributed by atoms with E-state index in [1.165, 1.54) is 25.2 Å². The number of amides is 2. The molecule has 2 rings (SSSR count). The van der Waals surface area contributed by atoms with E-state index < -0.39 is 10.8 Å². The summed E-state index contributed by atoms with van der Waals surface area (Å²) in [5.74, 6) is -0.764. The van der Waals surface area contributed by atoms with Crippen LogP contribution in [0, 0.1) is 17.0 Å². The standard InChI is InChI=1S/C16H15N3O4/c1-10-9-11(7-8-14(10)19(22)23)15(20)18-13-6-4-3-5-12(13)16(21)17-2/h3-9H,1-2H3,(H,17,21)(H,18,20). The highest BCUT2D eigenvalue weighted by Gasteiger charge is 2.16. The van der Waals surface area contributed by atoms with Gasteiger partial charge in [-0.1, -0.05) is 12.1 Å². The predicted octanol–water partition coefficient (Wildman–Crippen LogP) is 2.52. The van der Waals surface area contributed by atoms with Crippen molar-refractivity contribution in [1.29, 1.82) is 0 Å². The van der Waals surface area contributed by atoms with Crippen molar-refractivity contribution in [2.24, 2.45) is 0 Å². The van der Waals surface area contributed by atoms with Crippen LogP contribution >= 0.6 is 0 Å². The molecule has 0 aliphatic heterocycles. The van der Waals surface area contributed by atoms with Crippen molar-refractivity contribution in [3.8, 4) is 0 Å². The molecular weight excluding hydrogens is 298 g/mol. The number of nitrogens with one attached hydrogen (secondary N) is 2. The number of rotatable bonds is 4. The maximum absolute atomic E-state index is 12.3. The molecule has 118 valence electrons. The van der Waals surface area contributed by atoms with Gasteiger partial charge in [-0.25, -0.2) is 0 Å². The van der Waals surface area contributed by atoms with Gasteiger partial charge in [-0.15, -0.1) is 0 Å². The molecule has 0 atom stereocenters. The summed E-state index contributed by atoms with van der Waals surface area (Å²) in [4.78, 5) is 34.4. The average Bonchev–Trinajstić information content (AvgIpc) is 2.54. The molecule has 0 radical (unpaired) electrons. The van der Waals surface area contributed by atoms with Gasteiger partial charge in [-0.2, -0.15) is 0 Å². The summed E-state index contributed by atoms with van der Waals surface area (Å²) in [5.41, 5.74) is 1.32. The van der Waals surface area contributed by atoms with E-state index in [0.29, 0.717) is 16.8 Å². The highest BCUT2D eigenvalue weighted by molar-refractivity contribution is 6.09. The van der Waals surface area contributed by atoms with E-state index in [0.717, 1.165) is 0 Å². The Balaban J connectivity index is 2.28. The quantitative estimate of drug-likeness (QED) is 0.669. The Morgan fingerprint density at radius 2 is 1.78 bits per heavy atom. The average molecular weight is 313 g/mol. The number of benzene rings is 2. The molecule has 0 saturated heterocycles. The number of nitro groups is 1. The molecular formula is C16H15N3O4. The fourth-order valence-corrected chi connectivity index (χ4v) is 2.12. The topological polar surface area (TPSA) is 101 Å². The highest BCUT2D eigenvalue weighted by atomic mass is 16.6. The predicted molar refractivity (Wildman–Crippen MR) is 85.6 cm³/mol. The zero-order chi connectivity index (χ0) is 17.0. The number of nitrogens with zero attached hydrogens (tertiary/aromatic N) is 1. The normalized spacial score (nSPS) is 10.0. The fraction of sp³-hybridized carbons (Fsp3) is 0.125. The molecule has 0 bridgehead atoms. The minimum atomic E-state index is -0.502. The van der Waals surface area contributed by atoms with Crippen molar-refractivity contribution in [3.63, 3.8) is 0 Å². The summed E-state index contributed by atoms with van der Waals surface area (Å²) >= 11 is 0. The molecule has 2 N–H and O–H groups in total. The van der Waals surface area contributed by atoms with Crippen LogP contribution in [0.25, 0.3) is 0 Å². The van der Waals surface area contributed by atoms with E-state index in [1.54, 1.807) is 31.2 Å². The molecule has 0 aliphatic carbocycles. The van der Waals surface area contributed by atoms with Gasteiger partial charge < -0.3 is 10.6 Å². The second kappa shape index (κ2) is 6.69. The van der Waals surface area contributed by atoms with E-state index in [4.69, 9.17) is 0 Å². The van der Waals surface area contributed by atoms with Gasteiger partial charge in [0.2, 0.25) is 0 Å². The van der Waals surface area contributed by atoms with Gasteiger partial charge in [-0.3, -0.25) is 19.7 Å². The van der Waals surface area contributed by atoms with E-state index >= 15 is 0 Å². The lowest BCUT2D eigenvalue weighted by Crippen LogP contribution is -2.21. The molecule has 7 heteroatoms. The summed E-state index contributed by atoms with van der Waals surface area (Å²) in [7, 11) is 1.50. The zero-order valence-electron chi connectivity index (χ0n) is 12.6. The number of nitro benzene ring substituents is 1. The maximum atomic E-state index is 12.3. The van der Waals surface area contributed by atoms with Gasteiger partial charge in [0.05, 0.1) is 16.2 Å². The Morgan fingerprint density at radius 1 is 1.09 bits per heavy atom. The van der Waals surface area contributed by atoms with Crippen molar-refractivity contribution in [1.82, 2.24) is 5.32 Å². The molecule has 2 aromatic rings. The van der Waals surface area contributed by atoms with Crippen molar-refractivity contribution in [3.05, 3.63) is 69.3 Å². The Kier molecular flexibility index (Phi) is 4.70. The number of aryl methyl sites for hydroxylation is 1. The van der Waals surface area contributed by atoms with Crippen LogP contribution in [0.5, 0.6) is 0 Å². The summed E-state index contributed by atoms with van der Waals surface area (Å²) in [6.07, 6.45) is 0. The molecule has 0 saturated carbocycles. The number of anilines is 1. The molecule has 0 spiro atoms. The van der Waals surface area contributed by atoms with E-state index in [-0.39, 0.29) is 17.2 Å². The Hall–Kier alpha value is -3.22. The molecule has 0 aromatic heterocycles. The number of carbonyl (C=O) groups excluding carboxylic acids is 2. The Labute approximate surface area is 132 Å². The number of para-hydroxylation sites is 1. The fourth-order valence-electron chi connectivity index (χ4n) is 2.12. The molecule has 2 amide bonds. The molecule has 0 aliphatic rings. The van der Waals surface area contributed by atoms with E-state index in [2.05, 4.69) is 10.6 Å². The highest BCUT2D eigenvalue weighted by Crippen LogP contribution is 2.21. The van der Waals surface area contributed by atoms with Crippen LogP contribution in [0.4, 0.5) is 11.4 Å². The number of hydrogen-bond donors (Lipinski definition) is 2. The van der Waals surface area contributed by atoms with Crippen LogP contribution in [-0.4, -0.2) is 23.8 Å². The molecule has 2 aromatic carbocycles. The van der Waals surface area contributed by atoms with Gasteiger partial charge in [0.1, 0.15) is 0 Å². The molecule has 0 unspecified atom stereocenters. The van der Waals surface area contributed by atoms with Crippen LogP contribution in [0.2, 0.25) is 0 Å². The van der Waals surface area contributed by atoms with Crippen LogP contribution in [0.15, 0.2) is 42.5 Å². The van der Waals surface area contributed by atoms with Crippen molar-refractivity contribution >= 4 is 23.2 Å². The SMILES string of the molecule is CNC(=O)c1ccccc1NC(=O)c1ccc([N+](=O)[O-])c(C)c1. The van der Waals surface area contributed by atoms with Crippen LogP contribution in [0.3, 0.4) is 0 Å². The lowest BCUT2D eigenvalue weighted by molar-refractivity contribution is -0.385. The van der Waals surface area contributed by atoms with Crippen molar-refractivity contribution in [2.45, 2.75) is 6.92 Å². The molecule has 0 heterocycles. The van der Waals surface area contributed by atoms with Crippen LogP contribution in [-0.2, 0) is 0 Å². The van der Waals surface area contributed by atoms with Gasteiger partial charge in [0.25, 0.3) is 17.5 Å². The van der Waals surface area contributed by atoms with Gasteiger partial charge in [0, 0.05) is 24.2 Å². The first-order valence-corrected chi connectivity index (χ1v) is 6.81. The second-order valence-electron chi connectivity index (χ2n) is 4.84. The third-order valence-corrected chi connectivity index (χ3v) is 3.30. The lowest BCUT2D eigenvalue weighted by Gasteiger charge is -2.10. The summed E-state index contributed by atoms with van der Waals surface area (Å²) in [6, 6.07) is 10.7. The van der Waals surface area contributed by atoms with Crippen molar-refractivity contribution in [2.75, 3.05) is 12.4 Å². The first-order valence-electron chi connectivity index (χ1n) is 6.81. The largest absolute Gasteiger partial charge is 0.355 e. The van der Waals surface area contributed by atoms with Gasteiger partial charge in [-0.05, 0) is 31.2 Å². The number of hydrogen-bond acceptors (Lipinski definition) is 4. The molecule has 23 heavy (non-hydrogen) atoms. The third-order valence-electron chi connectivity index (χ3n) is 3.30. The second-order valence-corrected chi connectivity index (χ2v) is 4.84. The van der Waals surface area contributed by atoms with Crippen LogP contribution < -0.4 is 10.6 Å². The van der Waals surface area contributed by atoms with E-state index in [1.807, 2.05) is 0 Å². The minimum Gasteiger partial charge on any atom is -0.355 e. The third kappa shape index (κ3) is 3.52. The first kappa shape index (κ1) is 16.2. The monoisotopic (exact) mass is 313 g/mol. The van der Waals surface area contributed by atoms with Gasteiger partial charge in [0.15, 0.2) is 0 Å². The van der Waals surface area contributed by atoms with Gasteiger partial charge >= 0.3 is 0 Å². The Morgan fingerprint density at radius 3 is 2.39 bits per heavy atom. The summed E-state index contributed by atoms with van der Waals surface area (Å²) in [6.45, 7) is 1.56. The minimum absolute atomic E-state index is 0.0488. The Bertz CT molecular complexity index is 787. The molecule has 0 fully saturated rings. The van der Waals surface area contributed by atoms with Crippen molar-refractivity contribution < 1.29 is 14.5 Å².